The normalized spacial score (nSPS) is 35.2. The van der Waals surface area contributed by atoms with Crippen molar-refractivity contribution in [3.8, 4) is 0 Å². The Labute approximate surface area is 174 Å². The van der Waals surface area contributed by atoms with Crippen LogP contribution in [0.1, 0.15) is 38.2 Å². The largest absolute Gasteiger partial charge is 0.351 e. The third kappa shape index (κ3) is 2.50. The molecule has 6 heteroatoms. The molecule has 0 radical (unpaired) electrons. The van der Waals surface area contributed by atoms with Crippen molar-refractivity contribution in [3.63, 3.8) is 0 Å². The summed E-state index contributed by atoms with van der Waals surface area (Å²) in [6.45, 7) is 2.17. The number of hydrogen-bond donors (Lipinski definition) is 2. The van der Waals surface area contributed by atoms with Gasteiger partial charge in [-0.2, -0.15) is 0 Å². The molecule has 4 aliphatic rings. The number of fused-ring (bicyclic) bond motifs is 2. The number of amides is 2. The maximum atomic E-state index is 13.7. The Balaban J connectivity index is 1.73. The van der Waals surface area contributed by atoms with E-state index in [0.717, 1.165) is 30.5 Å². The summed E-state index contributed by atoms with van der Waals surface area (Å²) >= 11 is 12.5. The molecule has 28 heavy (non-hydrogen) atoms. The van der Waals surface area contributed by atoms with Crippen LogP contribution in [0.2, 0.25) is 5.02 Å². The van der Waals surface area contributed by atoms with E-state index >= 15 is 0 Å². The molecule has 1 aromatic carbocycles. The predicted octanol–water partition coefficient (Wildman–Crippen LogP) is 4.53. The average Bonchev–Trinajstić information content (AvgIpc) is 3.33. The summed E-state index contributed by atoms with van der Waals surface area (Å²) in [7, 11) is 0. The summed E-state index contributed by atoms with van der Waals surface area (Å²) in [6, 6.07) is 5.37. The third-order valence-corrected chi connectivity index (χ3v) is 7.60. The fraction of sp³-hybridized carbons (Fsp3) is 0.455. The van der Waals surface area contributed by atoms with Crippen LogP contribution in [0.5, 0.6) is 0 Å². The van der Waals surface area contributed by atoms with Gasteiger partial charge in [0.05, 0.1) is 6.04 Å². The summed E-state index contributed by atoms with van der Waals surface area (Å²) in [5.74, 6) is -0.152. The van der Waals surface area contributed by atoms with E-state index in [0.29, 0.717) is 16.5 Å². The van der Waals surface area contributed by atoms with Crippen LogP contribution < -0.4 is 10.6 Å². The standard InChI is InChI=1S/C22H22Cl2N2O2/c1-21(7-8-21)19-22(15-6-5-14(24)10-17(15)25-20(22)28)16(11-18(27)26-19)12-3-2-4-13(23)9-12/h2,4-6,9-10,12,16,19H,3,7-8,11H2,1H3,(H,25,28)(H,26,27)/t12?,16-,19+,22-/m0/s1. The topological polar surface area (TPSA) is 58.2 Å². The van der Waals surface area contributed by atoms with Gasteiger partial charge in [0.2, 0.25) is 11.8 Å². The highest BCUT2D eigenvalue weighted by molar-refractivity contribution is 6.31. The van der Waals surface area contributed by atoms with E-state index in [1.165, 1.54) is 0 Å². The van der Waals surface area contributed by atoms with Gasteiger partial charge in [-0.3, -0.25) is 9.59 Å². The van der Waals surface area contributed by atoms with Crippen molar-refractivity contribution in [1.82, 2.24) is 5.32 Å². The van der Waals surface area contributed by atoms with Gasteiger partial charge in [-0.1, -0.05) is 48.3 Å². The van der Waals surface area contributed by atoms with Crippen molar-refractivity contribution < 1.29 is 9.59 Å². The second-order valence-electron chi connectivity index (χ2n) is 8.83. The van der Waals surface area contributed by atoms with E-state index in [9.17, 15) is 9.59 Å². The first kappa shape index (κ1) is 18.3. The number of piperidine rings is 1. The molecule has 1 unspecified atom stereocenters. The number of benzene rings is 1. The number of allylic oxidation sites excluding steroid dienone is 4. The predicted molar refractivity (Wildman–Crippen MR) is 110 cm³/mol. The molecule has 0 bridgehead atoms. The van der Waals surface area contributed by atoms with Crippen molar-refractivity contribution >= 4 is 40.7 Å². The minimum atomic E-state index is -0.817. The van der Waals surface area contributed by atoms with Crippen LogP contribution in [0, 0.1) is 17.3 Å². The van der Waals surface area contributed by atoms with Crippen LogP contribution in [0.4, 0.5) is 5.69 Å². The van der Waals surface area contributed by atoms with Gasteiger partial charge >= 0.3 is 0 Å². The van der Waals surface area contributed by atoms with Crippen LogP contribution in [-0.2, 0) is 15.0 Å². The first-order valence-electron chi connectivity index (χ1n) is 9.79. The number of hydrogen-bond acceptors (Lipinski definition) is 2. The van der Waals surface area contributed by atoms with Gasteiger partial charge in [0.25, 0.3) is 0 Å². The first-order valence-corrected chi connectivity index (χ1v) is 10.5. The number of nitrogens with one attached hydrogen (secondary N) is 2. The molecule has 2 N–H and O–H groups in total. The number of carbonyl (C=O) groups is 2. The summed E-state index contributed by atoms with van der Waals surface area (Å²) < 4.78 is 0. The Hall–Kier alpha value is -1.78. The third-order valence-electron chi connectivity index (χ3n) is 7.11. The molecule has 2 fully saturated rings. The second-order valence-corrected chi connectivity index (χ2v) is 9.70. The Morgan fingerprint density at radius 2 is 1.96 bits per heavy atom. The van der Waals surface area contributed by atoms with Crippen LogP contribution >= 0.6 is 23.2 Å². The van der Waals surface area contributed by atoms with E-state index < -0.39 is 5.41 Å². The van der Waals surface area contributed by atoms with Gasteiger partial charge in [-0.05, 0) is 60.3 Å². The van der Waals surface area contributed by atoms with Crippen LogP contribution in [0.3, 0.4) is 0 Å². The molecule has 4 nitrogen and oxygen atoms in total. The summed E-state index contributed by atoms with van der Waals surface area (Å²) in [4.78, 5) is 26.4. The number of halogens is 2. The smallest absolute Gasteiger partial charge is 0.237 e. The highest BCUT2D eigenvalue weighted by Crippen LogP contribution is 2.61. The van der Waals surface area contributed by atoms with Crippen molar-refractivity contribution in [2.75, 3.05) is 5.32 Å². The Bertz CT molecular complexity index is 950. The highest BCUT2D eigenvalue weighted by Gasteiger charge is 2.67. The highest BCUT2D eigenvalue weighted by atomic mass is 35.5. The van der Waals surface area contributed by atoms with Crippen LogP contribution in [0.15, 0.2) is 41.5 Å². The van der Waals surface area contributed by atoms with Crippen molar-refractivity contribution in [1.29, 1.82) is 0 Å². The van der Waals surface area contributed by atoms with Gasteiger partial charge in [0, 0.05) is 22.2 Å². The zero-order valence-electron chi connectivity index (χ0n) is 15.6. The van der Waals surface area contributed by atoms with Crippen LogP contribution in [0.25, 0.3) is 0 Å². The van der Waals surface area contributed by atoms with Gasteiger partial charge in [0.15, 0.2) is 0 Å². The zero-order chi connectivity index (χ0) is 19.7. The molecule has 2 aliphatic heterocycles. The fourth-order valence-electron chi connectivity index (χ4n) is 5.54. The molecule has 146 valence electrons. The Morgan fingerprint density at radius 3 is 2.68 bits per heavy atom. The minimum absolute atomic E-state index is 0.0167. The SMILES string of the molecule is CC1([C@H]2NC(=O)C[C@@H](C3C=C(Cl)C=CC3)[C@]23C(=O)Nc2cc(Cl)ccc23)CC1. The van der Waals surface area contributed by atoms with Gasteiger partial charge in [-0.25, -0.2) is 0 Å². The molecule has 1 spiro atoms. The van der Waals surface area contributed by atoms with Crippen molar-refractivity contribution in [2.45, 2.75) is 44.1 Å². The minimum Gasteiger partial charge on any atom is -0.351 e. The van der Waals surface area contributed by atoms with E-state index in [1.54, 1.807) is 0 Å². The lowest BCUT2D eigenvalue weighted by atomic mass is 9.55. The Morgan fingerprint density at radius 1 is 1.18 bits per heavy atom. The Kier molecular flexibility index (Phi) is 3.98. The summed E-state index contributed by atoms with van der Waals surface area (Å²) in [5, 5.41) is 7.55. The molecule has 1 saturated heterocycles. The van der Waals surface area contributed by atoms with Crippen molar-refractivity contribution in [3.05, 3.63) is 52.0 Å². The average molecular weight is 417 g/mol. The molecule has 2 aliphatic carbocycles. The van der Waals surface area contributed by atoms with Crippen LogP contribution in [-0.4, -0.2) is 17.9 Å². The van der Waals surface area contributed by atoms with E-state index in [4.69, 9.17) is 23.2 Å². The van der Waals surface area contributed by atoms with Gasteiger partial charge in [-0.15, -0.1) is 0 Å². The number of carbonyl (C=O) groups excluding carboxylic acids is 2. The van der Waals surface area contributed by atoms with E-state index in [2.05, 4.69) is 17.6 Å². The van der Waals surface area contributed by atoms with Gasteiger partial charge < -0.3 is 10.6 Å². The maximum Gasteiger partial charge on any atom is 0.237 e. The lowest BCUT2D eigenvalue weighted by Gasteiger charge is -2.51. The molecule has 0 aromatic heterocycles. The quantitative estimate of drug-likeness (QED) is 0.743. The molecule has 2 amide bonds. The number of rotatable bonds is 2. The van der Waals surface area contributed by atoms with E-state index in [-0.39, 0.29) is 35.1 Å². The molecule has 5 rings (SSSR count). The molecular weight excluding hydrogens is 395 g/mol. The lowest BCUT2D eigenvalue weighted by Crippen LogP contribution is -2.66. The molecule has 2 heterocycles. The van der Waals surface area contributed by atoms with E-state index in [1.807, 2.05) is 36.4 Å². The van der Waals surface area contributed by atoms with Crippen molar-refractivity contribution in [2.24, 2.45) is 17.3 Å². The van der Waals surface area contributed by atoms with Gasteiger partial charge in [0.1, 0.15) is 5.41 Å². The second kappa shape index (κ2) is 6.11. The first-order chi connectivity index (χ1) is 13.3. The lowest BCUT2D eigenvalue weighted by molar-refractivity contribution is -0.136. The molecule has 4 atom stereocenters. The molecular formula is C22H22Cl2N2O2. The molecule has 1 saturated carbocycles. The zero-order valence-corrected chi connectivity index (χ0v) is 17.1. The fourth-order valence-corrected chi connectivity index (χ4v) is 5.96. The molecule has 1 aromatic rings. The summed E-state index contributed by atoms with van der Waals surface area (Å²) in [5.41, 5.74) is 0.812. The maximum absolute atomic E-state index is 13.7. The number of anilines is 1. The summed E-state index contributed by atoms with van der Waals surface area (Å²) in [6.07, 6.45) is 9.02. The monoisotopic (exact) mass is 416 g/mol.